The average molecular weight is 408 g/mol. The van der Waals surface area contributed by atoms with Crippen LogP contribution in [-0.4, -0.2) is 64.9 Å². The maximum atomic E-state index is 13.3. The molecule has 0 radical (unpaired) electrons. The van der Waals surface area contributed by atoms with Crippen molar-refractivity contribution < 1.29 is 17.6 Å². The molecule has 2 aliphatic rings. The molecule has 0 unspecified atom stereocenters. The third-order valence-corrected chi connectivity index (χ3v) is 7.18. The number of nitrogens with one attached hydrogen (secondary N) is 1. The van der Waals surface area contributed by atoms with E-state index in [1.807, 2.05) is 0 Å². The lowest BCUT2D eigenvalue weighted by Gasteiger charge is -2.25. The van der Waals surface area contributed by atoms with Crippen LogP contribution in [0.5, 0.6) is 0 Å². The number of rotatable bonds is 4. The standard InChI is InChI=1S/C17H21FN6O3S/c1-22(2)28(26,27)23-8-11-6-15-20-21-16(24(15)10-12(11)9-23)17(25)19-14-5-3-4-13(18)7-14/h3-5,7,11-12H,6,8-10H2,1-2H3,(H,19,25)/t11-,12-/m0/s1. The van der Waals surface area contributed by atoms with Crippen molar-refractivity contribution in [2.24, 2.45) is 11.8 Å². The molecule has 1 saturated heterocycles. The Bertz CT molecular complexity index is 1020. The first kappa shape index (κ1) is 19.0. The summed E-state index contributed by atoms with van der Waals surface area (Å²) in [6.45, 7) is 1.30. The van der Waals surface area contributed by atoms with Gasteiger partial charge in [0, 0.05) is 45.8 Å². The highest BCUT2D eigenvalue weighted by Gasteiger charge is 2.43. The van der Waals surface area contributed by atoms with Gasteiger partial charge in [-0.2, -0.15) is 17.0 Å². The minimum absolute atomic E-state index is 0.0824. The van der Waals surface area contributed by atoms with Gasteiger partial charge in [-0.05, 0) is 30.0 Å². The van der Waals surface area contributed by atoms with E-state index < -0.39 is 21.9 Å². The molecule has 1 aromatic heterocycles. The molecule has 2 aromatic rings. The molecule has 1 amide bonds. The molecule has 0 aliphatic carbocycles. The predicted molar refractivity (Wildman–Crippen MR) is 99.2 cm³/mol. The number of aromatic nitrogens is 3. The Morgan fingerprint density at radius 3 is 2.68 bits per heavy atom. The van der Waals surface area contributed by atoms with Gasteiger partial charge < -0.3 is 9.88 Å². The Morgan fingerprint density at radius 1 is 1.21 bits per heavy atom. The van der Waals surface area contributed by atoms with Gasteiger partial charge in [0.2, 0.25) is 5.82 Å². The normalized spacial score (nSPS) is 22.1. The highest BCUT2D eigenvalue weighted by atomic mass is 32.2. The summed E-state index contributed by atoms with van der Waals surface area (Å²) in [5.41, 5.74) is 0.333. The van der Waals surface area contributed by atoms with E-state index in [4.69, 9.17) is 0 Å². The van der Waals surface area contributed by atoms with Crippen LogP contribution in [0.3, 0.4) is 0 Å². The second-order valence-corrected chi connectivity index (χ2v) is 9.49. The quantitative estimate of drug-likeness (QED) is 0.798. The zero-order chi connectivity index (χ0) is 20.1. The van der Waals surface area contributed by atoms with Gasteiger partial charge in [-0.3, -0.25) is 4.79 Å². The summed E-state index contributed by atoms with van der Waals surface area (Å²) in [5, 5.41) is 10.8. The van der Waals surface area contributed by atoms with Crippen LogP contribution in [-0.2, 0) is 23.2 Å². The van der Waals surface area contributed by atoms with Crippen molar-refractivity contribution in [3.05, 3.63) is 41.7 Å². The molecular formula is C17H21FN6O3S. The molecule has 28 heavy (non-hydrogen) atoms. The number of benzene rings is 1. The lowest BCUT2D eigenvalue weighted by atomic mass is 9.89. The number of fused-ring (bicyclic) bond motifs is 2. The van der Waals surface area contributed by atoms with Crippen molar-refractivity contribution in [3.8, 4) is 0 Å². The van der Waals surface area contributed by atoms with Crippen LogP contribution in [0.1, 0.15) is 16.4 Å². The SMILES string of the molecule is CN(C)S(=O)(=O)N1C[C@@H]2Cc3nnc(C(=O)Nc4cccc(F)c4)n3C[C@@H]2C1. The van der Waals surface area contributed by atoms with Gasteiger partial charge >= 0.3 is 0 Å². The van der Waals surface area contributed by atoms with Gasteiger partial charge in [0.15, 0.2) is 0 Å². The Balaban J connectivity index is 1.52. The second kappa shape index (κ2) is 6.90. The van der Waals surface area contributed by atoms with E-state index in [-0.39, 0.29) is 17.7 Å². The summed E-state index contributed by atoms with van der Waals surface area (Å²) >= 11 is 0. The summed E-state index contributed by atoms with van der Waals surface area (Å²) in [6, 6.07) is 5.61. The molecule has 2 atom stereocenters. The summed E-state index contributed by atoms with van der Waals surface area (Å²) in [5.74, 6) is 0.113. The number of carbonyl (C=O) groups is 1. The lowest BCUT2D eigenvalue weighted by molar-refractivity contribution is 0.100. The molecular weight excluding hydrogens is 387 g/mol. The van der Waals surface area contributed by atoms with Crippen molar-refractivity contribution in [1.29, 1.82) is 0 Å². The fraction of sp³-hybridized carbons (Fsp3) is 0.471. The molecule has 1 aromatic carbocycles. The first-order valence-corrected chi connectivity index (χ1v) is 10.3. The topological polar surface area (TPSA) is 100 Å². The minimum atomic E-state index is -3.47. The summed E-state index contributed by atoms with van der Waals surface area (Å²) < 4.78 is 42.6. The zero-order valence-electron chi connectivity index (χ0n) is 15.5. The van der Waals surface area contributed by atoms with Gasteiger partial charge in [0.1, 0.15) is 11.6 Å². The van der Waals surface area contributed by atoms with E-state index in [1.165, 1.54) is 40.9 Å². The van der Waals surface area contributed by atoms with E-state index in [2.05, 4.69) is 15.5 Å². The van der Waals surface area contributed by atoms with Crippen molar-refractivity contribution in [2.75, 3.05) is 32.5 Å². The van der Waals surface area contributed by atoms with Crippen LogP contribution in [0.2, 0.25) is 0 Å². The van der Waals surface area contributed by atoms with Gasteiger partial charge in [-0.25, -0.2) is 4.39 Å². The summed E-state index contributed by atoms with van der Waals surface area (Å²) in [6.07, 6.45) is 0.560. The molecule has 1 N–H and O–H groups in total. The van der Waals surface area contributed by atoms with Gasteiger partial charge in [-0.1, -0.05) is 6.07 Å². The molecule has 150 valence electrons. The number of carbonyl (C=O) groups excluding carboxylic acids is 1. The monoisotopic (exact) mass is 408 g/mol. The lowest BCUT2D eigenvalue weighted by Crippen LogP contribution is -2.38. The molecule has 3 heterocycles. The van der Waals surface area contributed by atoms with Crippen molar-refractivity contribution in [1.82, 2.24) is 23.4 Å². The highest BCUT2D eigenvalue weighted by Crippen LogP contribution is 2.34. The van der Waals surface area contributed by atoms with Crippen LogP contribution in [0.15, 0.2) is 24.3 Å². The number of halogens is 1. The molecule has 1 fully saturated rings. The highest BCUT2D eigenvalue weighted by molar-refractivity contribution is 7.86. The van der Waals surface area contributed by atoms with E-state index in [9.17, 15) is 17.6 Å². The zero-order valence-corrected chi connectivity index (χ0v) is 16.4. The van der Waals surface area contributed by atoms with E-state index >= 15 is 0 Å². The average Bonchev–Trinajstić information content (AvgIpc) is 3.23. The van der Waals surface area contributed by atoms with Crippen LogP contribution < -0.4 is 5.32 Å². The molecule has 2 aliphatic heterocycles. The number of anilines is 1. The largest absolute Gasteiger partial charge is 0.319 e. The Kier molecular flexibility index (Phi) is 4.68. The maximum Gasteiger partial charge on any atom is 0.293 e. The smallest absolute Gasteiger partial charge is 0.293 e. The first-order chi connectivity index (χ1) is 13.3. The van der Waals surface area contributed by atoms with Crippen molar-refractivity contribution in [3.63, 3.8) is 0 Å². The van der Waals surface area contributed by atoms with E-state index in [1.54, 1.807) is 10.6 Å². The van der Waals surface area contributed by atoms with Crippen LogP contribution in [0.25, 0.3) is 0 Å². The predicted octanol–water partition coefficient (Wildman–Crippen LogP) is 0.580. The van der Waals surface area contributed by atoms with Crippen molar-refractivity contribution >= 4 is 21.8 Å². The second-order valence-electron chi connectivity index (χ2n) is 7.35. The van der Waals surface area contributed by atoms with Crippen LogP contribution >= 0.6 is 0 Å². The summed E-state index contributed by atoms with van der Waals surface area (Å²) in [4.78, 5) is 12.6. The van der Waals surface area contributed by atoms with E-state index in [0.717, 1.165) is 0 Å². The molecule has 4 rings (SSSR count). The van der Waals surface area contributed by atoms with Gasteiger partial charge in [0.05, 0.1) is 0 Å². The third kappa shape index (κ3) is 3.29. The van der Waals surface area contributed by atoms with Crippen molar-refractivity contribution in [2.45, 2.75) is 13.0 Å². The fourth-order valence-corrected chi connectivity index (χ4v) is 5.04. The van der Waals surface area contributed by atoms with Gasteiger partial charge in [0.25, 0.3) is 16.1 Å². The molecule has 9 nitrogen and oxygen atoms in total. The number of hydrogen-bond acceptors (Lipinski definition) is 5. The number of nitrogens with zero attached hydrogens (tertiary/aromatic N) is 5. The molecule has 0 saturated carbocycles. The summed E-state index contributed by atoms with van der Waals surface area (Å²) in [7, 11) is -0.440. The Hall–Kier alpha value is -2.37. The van der Waals surface area contributed by atoms with Gasteiger partial charge in [-0.15, -0.1) is 10.2 Å². The maximum absolute atomic E-state index is 13.3. The molecule has 0 bridgehead atoms. The molecule has 0 spiro atoms. The van der Waals surface area contributed by atoms with E-state index in [0.29, 0.717) is 37.6 Å². The Labute approximate surface area is 162 Å². The minimum Gasteiger partial charge on any atom is -0.319 e. The fourth-order valence-electron chi connectivity index (χ4n) is 3.82. The van der Waals surface area contributed by atoms with Crippen LogP contribution in [0, 0.1) is 17.7 Å². The molecule has 11 heteroatoms. The Morgan fingerprint density at radius 2 is 1.96 bits per heavy atom. The number of hydrogen-bond donors (Lipinski definition) is 1. The number of amides is 1. The first-order valence-electron chi connectivity index (χ1n) is 8.92. The third-order valence-electron chi connectivity index (χ3n) is 5.31. The van der Waals surface area contributed by atoms with Crippen LogP contribution in [0.4, 0.5) is 10.1 Å².